The van der Waals surface area contributed by atoms with Crippen LogP contribution in [0.25, 0.3) is 10.8 Å². The number of carbonyl (C=O) groups is 1. The van der Waals surface area contributed by atoms with Gasteiger partial charge < -0.3 is 10.0 Å². The standard InChI is InChI=1S/C26H21ClN2O2/c1-17-16-28(21-9-11-23(30)12-10-21)25-15-20(27)7-13-24(25)29(26(17)31)22-8-6-18-4-2-3-5-19(18)14-22/h2-15,17,30H,16H2,1H3. The first-order valence-electron chi connectivity index (χ1n) is 10.2. The Morgan fingerprint density at radius 1 is 0.839 bits per heavy atom. The number of phenols is 1. The molecule has 0 bridgehead atoms. The van der Waals surface area contributed by atoms with E-state index in [0.29, 0.717) is 11.6 Å². The predicted molar refractivity (Wildman–Crippen MR) is 127 cm³/mol. The number of fused-ring (bicyclic) bond motifs is 2. The molecule has 0 aliphatic carbocycles. The lowest BCUT2D eigenvalue weighted by Gasteiger charge is -2.27. The van der Waals surface area contributed by atoms with Gasteiger partial charge in [0, 0.05) is 22.9 Å². The van der Waals surface area contributed by atoms with E-state index in [2.05, 4.69) is 23.1 Å². The molecular weight excluding hydrogens is 408 g/mol. The van der Waals surface area contributed by atoms with Crippen LogP contribution in [0.4, 0.5) is 22.7 Å². The van der Waals surface area contributed by atoms with Crippen LogP contribution in [0.15, 0.2) is 84.9 Å². The van der Waals surface area contributed by atoms with Gasteiger partial charge >= 0.3 is 0 Å². The molecule has 0 spiro atoms. The van der Waals surface area contributed by atoms with E-state index in [1.54, 1.807) is 17.0 Å². The SMILES string of the molecule is CC1CN(c2ccc(O)cc2)c2cc(Cl)ccc2N(c2ccc3ccccc3c2)C1=O. The van der Waals surface area contributed by atoms with Crippen LogP contribution in [0.2, 0.25) is 5.02 Å². The van der Waals surface area contributed by atoms with Crippen molar-refractivity contribution in [3.05, 3.63) is 90.0 Å². The Bertz CT molecular complexity index is 1290. The summed E-state index contributed by atoms with van der Waals surface area (Å²) in [4.78, 5) is 17.5. The predicted octanol–water partition coefficient (Wildman–Crippen LogP) is 6.65. The third kappa shape index (κ3) is 3.49. The highest BCUT2D eigenvalue weighted by molar-refractivity contribution is 6.31. The molecule has 1 N–H and O–H groups in total. The number of amides is 1. The van der Waals surface area contributed by atoms with E-state index in [0.717, 1.165) is 33.5 Å². The largest absolute Gasteiger partial charge is 0.508 e. The molecule has 154 valence electrons. The van der Waals surface area contributed by atoms with Gasteiger partial charge in [-0.3, -0.25) is 9.69 Å². The minimum absolute atomic E-state index is 0.0279. The van der Waals surface area contributed by atoms with Gasteiger partial charge in [-0.05, 0) is 65.4 Å². The van der Waals surface area contributed by atoms with Gasteiger partial charge in [-0.25, -0.2) is 0 Å². The van der Waals surface area contributed by atoms with Crippen LogP contribution in [-0.4, -0.2) is 17.6 Å². The summed E-state index contributed by atoms with van der Waals surface area (Å²) in [6, 6.07) is 26.8. The zero-order chi connectivity index (χ0) is 21.5. The van der Waals surface area contributed by atoms with Crippen LogP contribution in [0.3, 0.4) is 0 Å². The molecule has 1 aliphatic rings. The Morgan fingerprint density at radius 3 is 2.32 bits per heavy atom. The minimum atomic E-state index is -0.258. The first-order chi connectivity index (χ1) is 15.0. The fraction of sp³-hybridized carbons (Fsp3) is 0.115. The second kappa shape index (κ2) is 7.64. The van der Waals surface area contributed by atoms with Crippen molar-refractivity contribution in [2.75, 3.05) is 16.3 Å². The maximum Gasteiger partial charge on any atom is 0.236 e. The van der Waals surface area contributed by atoms with E-state index < -0.39 is 0 Å². The minimum Gasteiger partial charge on any atom is -0.508 e. The Kier molecular flexibility index (Phi) is 4.79. The fourth-order valence-corrected chi connectivity index (χ4v) is 4.32. The molecule has 0 saturated heterocycles. The van der Waals surface area contributed by atoms with Gasteiger partial charge in [-0.2, -0.15) is 0 Å². The summed E-state index contributed by atoms with van der Waals surface area (Å²) in [5.41, 5.74) is 3.35. The number of carbonyl (C=O) groups excluding carboxylic acids is 1. The van der Waals surface area contributed by atoms with Crippen molar-refractivity contribution in [2.45, 2.75) is 6.92 Å². The van der Waals surface area contributed by atoms with E-state index in [1.807, 2.05) is 61.5 Å². The number of phenolic OH excluding ortho intramolecular Hbond substituents is 1. The molecule has 5 heteroatoms. The third-order valence-corrected chi connectivity index (χ3v) is 5.96. The zero-order valence-corrected chi connectivity index (χ0v) is 17.8. The molecule has 31 heavy (non-hydrogen) atoms. The Hall–Kier alpha value is -3.50. The van der Waals surface area contributed by atoms with Crippen molar-refractivity contribution in [1.29, 1.82) is 0 Å². The highest BCUT2D eigenvalue weighted by atomic mass is 35.5. The maximum atomic E-state index is 13.6. The molecule has 0 aromatic heterocycles. The molecule has 1 unspecified atom stereocenters. The van der Waals surface area contributed by atoms with Gasteiger partial charge in [0.1, 0.15) is 5.75 Å². The van der Waals surface area contributed by atoms with Gasteiger partial charge in [0.05, 0.1) is 17.3 Å². The number of halogens is 1. The van der Waals surface area contributed by atoms with Gasteiger partial charge in [-0.1, -0.05) is 48.9 Å². The summed E-state index contributed by atoms with van der Waals surface area (Å²) in [5.74, 6) is -0.0293. The van der Waals surface area contributed by atoms with Gasteiger partial charge in [-0.15, -0.1) is 0 Å². The monoisotopic (exact) mass is 428 g/mol. The molecule has 4 nitrogen and oxygen atoms in total. The van der Waals surface area contributed by atoms with Crippen molar-refractivity contribution >= 4 is 51.0 Å². The van der Waals surface area contributed by atoms with Crippen LogP contribution in [0.1, 0.15) is 6.92 Å². The number of hydrogen-bond acceptors (Lipinski definition) is 3. The number of benzene rings is 4. The topological polar surface area (TPSA) is 43.8 Å². The van der Waals surface area contributed by atoms with Crippen LogP contribution in [0.5, 0.6) is 5.75 Å². The summed E-state index contributed by atoms with van der Waals surface area (Å²) in [7, 11) is 0. The van der Waals surface area contributed by atoms with E-state index in [1.165, 1.54) is 0 Å². The van der Waals surface area contributed by atoms with Crippen molar-refractivity contribution < 1.29 is 9.90 Å². The van der Waals surface area contributed by atoms with Crippen LogP contribution in [0, 0.1) is 5.92 Å². The smallest absolute Gasteiger partial charge is 0.236 e. The number of anilines is 4. The summed E-state index contributed by atoms with van der Waals surface area (Å²) in [6.45, 7) is 2.44. The molecular formula is C26H21ClN2O2. The Labute approximate surface area is 185 Å². The average molecular weight is 429 g/mol. The lowest BCUT2D eigenvalue weighted by atomic mass is 10.1. The number of nitrogens with zero attached hydrogens (tertiary/aromatic N) is 2. The number of aromatic hydroxyl groups is 1. The second-order valence-electron chi connectivity index (χ2n) is 7.87. The third-order valence-electron chi connectivity index (χ3n) is 5.72. The molecule has 1 heterocycles. The van der Waals surface area contributed by atoms with Gasteiger partial charge in [0.25, 0.3) is 0 Å². The van der Waals surface area contributed by atoms with E-state index in [9.17, 15) is 9.90 Å². The quantitative estimate of drug-likeness (QED) is 0.388. The lowest BCUT2D eigenvalue weighted by molar-refractivity contribution is -0.120. The molecule has 5 rings (SSSR count). The molecule has 1 amide bonds. The van der Waals surface area contributed by atoms with Crippen LogP contribution in [-0.2, 0) is 4.79 Å². The molecule has 0 saturated carbocycles. The highest BCUT2D eigenvalue weighted by Crippen LogP contribution is 2.43. The van der Waals surface area contributed by atoms with Gasteiger partial charge in [0.2, 0.25) is 5.91 Å². The molecule has 1 aliphatic heterocycles. The Morgan fingerprint density at radius 2 is 1.55 bits per heavy atom. The molecule has 0 fully saturated rings. The Balaban J connectivity index is 1.71. The fourth-order valence-electron chi connectivity index (χ4n) is 4.15. The molecule has 1 atom stereocenters. The summed E-state index contributed by atoms with van der Waals surface area (Å²) >= 11 is 6.38. The highest BCUT2D eigenvalue weighted by Gasteiger charge is 2.33. The molecule has 4 aromatic rings. The zero-order valence-electron chi connectivity index (χ0n) is 17.0. The van der Waals surface area contributed by atoms with Gasteiger partial charge in [0.15, 0.2) is 0 Å². The summed E-state index contributed by atoms with van der Waals surface area (Å²) in [5, 5.41) is 12.5. The number of rotatable bonds is 2. The average Bonchev–Trinajstić information content (AvgIpc) is 2.88. The molecule has 4 aromatic carbocycles. The van der Waals surface area contributed by atoms with Crippen molar-refractivity contribution in [2.24, 2.45) is 5.92 Å². The first kappa shape index (κ1) is 19.5. The lowest BCUT2D eigenvalue weighted by Crippen LogP contribution is -2.32. The summed E-state index contributed by atoms with van der Waals surface area (Å²) < 4.78 is 0. The van der Waals surface area contributed by atoms with Crippen molar-refractivity contribution in [1.82, 2.24) is 0 Å². The van der Waals surface area contributed by atoms with E-state index in [-0.39, 0.29) is 17.6 Å². The van der Waals surface area contributed by atoms with E-state index >= 15 is 0 Å². The van der Waals surface area contributed by atoms with Crippen LogP contribution >= 0.6 is 11.6 Å². The summed E-state index contributed by atoms with van der Waals surface area (Å²) in [6.07, 6.45) is 0. The van der Waals surface area contributed by atoms with Crippen molar-refractivity contribution in [3.8, 4) is 5.75 Å². The molecule has 0 radical (unpaired) electrons. The van der Waals surface area contributed by atoms with Crippen LogP contribution < -0.4 is 9.80 Å². The normalized spacial score (nSPS) is 16.3. The maximum absolute atomic E-state index is 13.6. The number of hydrogen-bond donors (Lipinski definition) is 1. The van der Waals surface area contributed by atoms with Crippen molar-refractivity contribution in [3.63, 3.8) is 0 Å². The van der Waals surface area contributed by atoms with E-state index in [4.69, 9.17) is 11.6 Å². The first-order valence-corrected chi connectivity index (χ1v) is 10.6. The second-order valence-corrected chi connectivity index (χ2v) is 8.30.